The molecule has 106 valence electrons. The Morgan fingerprint density at radius 1 is 1.40 bits per heavy atom. The molecular weight excluding hydrogens is 252 g/mol. The van der Waals surface area contributed by atoms with Crippen molar-refractivity contribution in [3.63, 3.8) is 0 Å². The average Bonchev–Trinajstić information content (AvgIpc) is 2.95. The molecule has 20 heavy (non-hydrogen) atoms. The van der Waals surface area contributed by atoms with Crippen LogP contribution in [-0.4, -0.2) is 22.0 Å². The molecule has 0 atom stereocenters. The molecule has 1 heterocycles. The second-order valence-electron chi connectivity index (χ2n) is 4.75. The quantitative estimate of drug-likeness (QED) is 0.594. The van der Waals surface area contributed by atoms with Crippen LogP contribution in [0.4, 0.5) is 5.69 Å². The van der Waals surface area contributed by atoms with Crippen molar-refractivity contribution in [2.24, 2.45) is 0 Å². The smallest absolute Gasteiger partial charge is 0.220 e. The van der Waals surface area contributed by atoms with Gasteiger partial charge in [0, 0.05) is 37.6 Å². The van der Waals surface area contributed by atoms with Crippen LogP contribution >= 0.6 is 0 Å². The Morgan fingerprint density at radius 3 is 3.05 bits per heavy atom. The van der Waals surface area contributed by atoms with E-state index >= 15 is 0 Å². The van der Waals surface area contributed by atoms with Crippen LogP contribution < -0.4 is 11.1 Å². The molecule has 1 aromatic heterocycles. The van der Waals surface area contributed by atoms with E-state index in [4.69, 9.17) is 5.73 Å². The van der Waals surface area contributed by atoms with Crippen molar-refractivity contribution in [1.82, 2.24) is 14.9 Å². The predicted octanol–water partition coefficient (Wildman–Crippen LogP) is 1.60. The number of nitrogens with two attached hydrogens (primary N) is 1. The minimum Gasteiger partial charge on any atom is -0.399 e. The number of anilines is 1. The van der Waals surface area contributed by atoms with Gasteiger partial charge in [0.05, 0.1) is 6.33 Å². The minimum atomic E-state index is 0.0815. The number of aromatic nitrogens is 2. The van der Waals surface area contributed by atoms with E-state index < -0.39 is 0 Å². The van der Waals surface area contributed by atoms with Gasteiger partial charge in [0.15, 0.2) is 0 Å². The summed E-state index contributed by atoms with van der Waals surface area (Å²) in [5, 5.41) is 2.93. The third kappa shape index (κ3) is 4.76. The normalized spacial score (nSPS) is 10.4. The number of amides is 1. The molecule has 0 aliphatic rings. The zero-order chi connectivity index (χ0) is 14.2. The average molecular weight is 272 g/mol. The molecule has 2 aromatic rings. The molecule has 0 fully saturated rings. The summed E-state index contributed by atoms with van der Waals surface area (Å²) >= 11 is 0. The second-order valence-corrected chi connectivity index (χ2v) is 4.75. The number of rotatable bonds is 7. The highest BCUT2D eigenvalue weighted by atomic mass is 16.1. The molecule has 0 unspecified atom stereocenters. The van der Waals surface area contributed by atoms with Gasteiger partial charge >= 0.3 is 0 Å². The Morgan fingerprint density at radius 2 is 2.30 bits per heavy atom. The zero-order valence-electron chi connectivity index (χ0n) is 11.5. The van der Waals surface area contributed by atoms with Gasteiger partial charge in [-0.25, -0.2) is 4.98 Å². The Kier molecular flexibility index (Phi) is 5.17. The number of hydrogen-bond donors (Lipinski definition) is 2. The summed E-state index contributed by atoms with van der Waals surface area (Å²) in [6.45, 7) is 1.56. The number of hydrogen-bond acceptors (Lipinski definition) is 3. The van der Waals surface area contributed by atoms with Gasteiger partial charge in [0.2, 0.25) is 5.91 Å². The third-order valence-corrected chi connectivity index (χ3v) is 3.07. The Balaban J connectivity index is 1.61. The van der Waals surface area contributed by atoms with E-state index in [9.17, 15) is 4.79 Å². The first-order valence-corrected chi connectivity index (χ1v) is 6.81. The summed E-state index contributed by atoms with van der Waals surface area (Å²) < 4.78 is 2.00. The molecular formula is C15H20N4O. The lowest BCUT2D eigenvalue weighted by Gasteiger charge is -2.06. The summed E-state index contributed by atoms with van der Waals surface area (Å²) in [6.07, 6.45) is 7.57. The molecule has 1 aromatic carbocycles. The number of benzene rings is 1. The highest BCUT2D eigenvalue weighted by Crippen LogP contribution is 2.08. The van der Waals surface area contributed by atoms with Crippen molar-refractivity contribution in [1.29, 1.82) is 0 Å². The van der Waals surface area contributed by atoms with Crippen molar-refractivity contribution in [3.8, 4) is 0 Å². The van der Waals surface area contributed by atoms with Crippen LogP contribution in [0, 0.1) is 0 Å². The minimum absolute atomic E-state index is 0.0815. The molecule has 3 N–H and O–H groups in total. The highest BCUT2D eigenvalue weighted by molar-refractivity contribution is 5.76. The number of nitrogens with zero attached hydrogens (tertiary/aromatic N) is 2. The lowest BCUT2D eigenvalue weighted by molar-refractivity contribution is -0.121. The Hall–Kier alpha value is -2.30. The van der Waals surface area contributed by atoms with E-state index in [-0.39, 0.29) is 5.91 Å². The van der Waals surface area contributed by atoms with Gasteiger partial charge < -0.3 is 15.6 Å². The maximum Gasteiger partial charge on any atom is 0.220 e. The van der Waals surface area contributed by atoms with E-state index in [0.29, 0.717) is 13.0 Å². The van der Waals surface area contributed by atoms with E-state index in [2.05, 4.69) is 10.3 Å². The SMILES string of the molecule is Nc1cccc(CCC(=O)NCCCn2ccnc2)c1. The predicted molar refractivity (Wildman–Crippen MR) is 79.0 cm³/mol. The number of carbonyl (C=O) groups excluding carboxylic acids is 1. The number of nitrogens with one attached hydrogen (secondary N) is 1. The summed E-state index contributed by atoms with van der Waals surface area (Å²) in [5.74, 6) is 0.0815. The van der Waals surface area contributed by atoms with E-state index in [1.807, 2.05) is 35.0 Å². The number of nitrogen functional groups attached to an aromatic ring is 1. The van der Waals surface area contributed by atoms with E-state index in [1.165, 1.54) is 0 Å². The van der Waals surface area contributed by atoms with Crippen LogP contribution in [0.5, 0.6) is 0 Å². The van der Waals surface area contributed by atoms with Crippen LogP contribution in [0.1, 0.15) is 18.4 Å². The molecule has 0 bridgehead atoms. The van der Waals surface area contributed by atoms with Gasteiger partial charge in [-0.2, -0.15) is 0 Å². The molecule has 1 amide bonds. The maximum absolute atomic E-state index is 11.7. The Bertz CT molecular complexity index is 537. The summed E-state index contributed by atoms with van der Waals surface area (Å²) in [7, 11) is 0. The third-order valence-electron chi connectivity index (χ3n) is 3.07. The summed E-state index contributed by atoms with van der Waals surface area (Å²) in [6, 6.07) is 7.66. The number of carbonyl (C=O) groups is 1. The van der Waals surface area contributed by atoms with Crippen molar-refractivity contribution >= 4 is 11.6 Å². The molecule has 0 saturated heterocycles. The second kappa shape index (κ2) is 7.33. The van der Waals surface area contributed by atoms with Gasteiger partial charge in [-0.05, 0) is 30.5 Å². The standard InChI is InChI=1S/C15H20N4O/c16-14-4-1-3-13(11-14)5-6-15(20)18-7-2-9-19-10-8-17-12-19/h1,3-4,8,10-12H,2,5-7,9,16H2,(H,18,20). The molecule has 0 aliphatic carbocycles. The van der Waals surface area contributed by atoms with Gasteiger partial charge in [-0.3, -0.25) is 4.79 Å². The van der Waals surface area contributed by atoms with Crippen LogP contribution in [0.2, 0.25) is 0 Å². The molecule has 5 nitrogen and oxygen atoms in total. The largest absolute Gasteiger partial charge is 0.399 e. The fraction of sp³-hybridized carbons (Fsp3) is 0.333. The lowest BCUT2D eigenvalue weighted by Crippen LogP contribution is -2.25. The summed E-state index contributed by atoms with van der Waals surface area (Å²) in [5.41, 5.74) is 7.54. The first-order chi connectivity index (χ1) is 9.74. The first-order valence-electron chi connectivity index (χ1n) is 6.81. The van der Waals surface area contributed by atoms with Crippen molar-refractivity contribution in [2.45, 2.75) is 25.8 Å². The molecule has 5 heteroatoms. The Labute approximate surface area is 118 Å². The van der Waals surface area contributed by atoms with Gasteiger partial charge in [0.1, 0.15) is 0 Å². The molecule has 0 aliphatic heterocycles. The lowest BCUT2D eigenvalue weighted by atomic mass is 10.1. The van der Waals surface area contributed by atoms with Gasteiger partial charge in [-0.15, -0.1) is 0 Å². The molecule has 0 spiro atoms. The van der Waals surface area contributed by atoms with Crippen LogP contribution in [0.15, 0.2) is 43.0 Å². The first kappa shape index (κ1) is 14.1. The molecule has 0 saturated carbocycles. The van der Waals surface area contributed by atoms with E-state index in [0.717, 1.165) is 30.6 Å². The molecule has 2 rings (SSSR count). The topological polar surface area (TPSA) is 72.9 Å². The maximum atomic E-state index is 11.7. The van der Waals surface area contributed by atoms with Crippen LogP contribution in [0.25, 0.3) is 0 Å². The van der Waals surface area contributed by atoms with Gasteiger partial charge in [-0.1, -0.05) is 12.1 Å². The number of imidazole rings is 1. The monoisotopic (exact) mass is 272 g/mol. The van der Waals surface area contributed by atoms with E-state index in [1.54, 1.807) is 12.5 Å². The van der Waals surface area contributed by atoms with Gasteiger partial charge in [0.25, 0.3) is 0 Å². The summed E-state index contributed by atoms with van der Waals surface area (Å²) in [4.78, 5) is 15.7. The van der Waals surface area contributed by atoms with Crippen molar-refractivity contribution < 1.29 is 4.79 Å². The van der Waals surface area contributed by atoms with Crippen LogP contribution in [-0.2, 0) is 17.8 Å². The highest BCUT2D eigenvalue weighted by Gasteiger charge is 2.02. The van der Waals surface area contributed by atoms with Crippen LogP contribution in [0.3, 0.4) is 0 Å². The fourth-order valence-electron chi connectivity index (χ4n) is 2.00. The van der Waals surface area contributed by atoms with Crippen molar-refractivity contribution in [3.05, 3.63) is 48.5 Å². The molecule has 0 radical (unpaired) electrons. The van der Waals surface area contributed by atoms with Crippen molar-refractivity contribution in [2.75, 3.05) is 12.3 Å². The fourth-order valence-corrected chi connectivity index (χ4v) is 2.00. The zero-order valence-corrected chi connectivity index (χ0v) is 11.5. The number of aryl methyl sites for hydroxylation is 2.